The molecular weight excluding hydrogens is 606 g/mol. The number of phenols is 1. The van der Waals surface area contributed by atoms with Crippen LogP contribution in [0.3, 0.4) is 0 Å². The summed E-state index contributed by atoms with van der Waals surface area (Å²) in [5, 5.41) is 29.4. The summed E-state index contributed by atoms with van der Waals surface area (Å²) >= 11 is 23.9. The molecule has 41 heavy (non-hydrogen) atoms. The summed E-state index contributed by atoms with van der Waals surface area (Å²) in [6, 6.07) is 20.6. The van der Waals surface area contributed by atoms with E-state index in [4.69, 9.17) is 61.7 Å². The van der Waals surface area contributed by atoms with E-state index in [1.54, 1.807) is 61.7 Å². The summed E-state index contributed by atoms with van der Waals surface area (Å²) < 4.78 is 5.32. The Morgan fingerprint density at radius 3 is 1.63 bits per heavy atom. The molecule has 0 saturated heterocycles. The number of methoxy groups -OCH3 is 1. The van der Waals surface area contributed by atoms with E-state index in [0.29, 0.717) is 65.2 Å². The molecule has 0 radical (unpaired) electrons. The van der Waals surface area contributed by atoms with Crippen molar-refractivity contribution >= 4 is 68.5 Å². The van der Waals surface area contributed by atoms with Crippen molar-refractivity contribution in [1.29, 1.82) is 10.5 Å². The van der Waals surface area contributed by atoms with Crippen LogP contribution in [-0.2, 0) is 0 Å². The lowest BCUT2D eigenvalue weighted by Gasteiger charge is -2.05. The van der Waals surface area contributed by atoms with Gasteiger partial charge in [0.1, 0.15) is 23.1 Å². The third-order valence-corrected chi connectivity index (χ3v) is 7.46. The molecule has 3 N–H and O–H groups in total. The molecular formula is C29H16Cl4N6O2. The number of benzene rings is 4. The Balaban J connectivity index is 0.000000165. The second kappa shape index (κ2) is 11.6. The molecule has 2 heterocycles. The number of aromatic hydroxyl groups is 1. The fourth-order valence-electron chi connectivity index (χ4n) is 4.02. The second-order valence-corrected chi connectivity index (χ2v) is 10.2. The van der Waals surface area contributed by atoms with Crippen molar-refractivity contribution < 1.29 is 9.84 Å². The Labute approximate surface area is 253 Å². The minimum absolute atomic E-state index is 0.0136. The molecule has 202 valence electrons. The van der Waals surface area contributed by atoms with Gasteiger partial charge in [0.2, 0.25) is 0 Å². The standard InChI is InChI=1S/C15H9Cl2N3O.C14H7Cl2N3O/c1-21-14-4-8(7-18)2-3-9(14)15-19-12-5-10(16)11(17)6-13(12)20-15;15-9-4-11-12(5-10(9)16)19-14(18-11)8-2-1-7(6-17)3-13(8)20/h2-6H,1H3,(H,19,20);1-5,20H,(H,18,19). The van der Waals surface area contributed by atoms with Crippen LogP contribution in [0.15, 0.2) is 60.7 Å². The zero-order valence-electron chi connectivity index (χ0n) is 20.9. The lowest BCUT2D eigenvalue weighted by atomic mass is 10.1. The molecule has 8 nitrogen and oxygen atoms in total. The Kier molecular flexibility index (Phi) is 7.94. The van der Waals surface area contributed by atoms with E-state index in [0.717, 1.165) is 16.6 Å². The Morgan fingerprint density at radius 1 is 0.683 bits per heavy atom. The van der Waals surface area contributed by atoms with E-state index in [9.17, 15) is 5.11 Å². The summed E-state index contributed by atoms with van der Waals surface area (Å²) in [4.78, 5) is 15.1. The third-order valence-electron chi connectivity index (χ3n) is 6.02. The van der Waals surface area contributed by atoms with E-state index in [2.05, 4.69) is 26.0 Å². The second-order valence-electron chi connectivity index (χ2n) is 8.61. The normalized spacial score (nSPS) is 10.6. The fraction of sp³-hybridized carbons (Fsp3) is 0.0345. The van der Waals surface area contributed by atoms with Gasteiger partial charge in [0, 0.05) is 0 Å². The van der Waals surface area contributed by atoms with Crippen molar-refractivity contribution in [3.63, 3.8) is 0 Å². The van der Waals surface area contributed by atoms with E-state index >= 15 is 0 Å². The summed E-state index contributed by atoms with van der Waals surface area (Å²) in [5.74, 6) is 1.68. The zero-order valence-corrected chi connectivity index (χ0v) is 24.0. The number of H-pyrrole nitrogens is 2. The van der Waals surface area contributed by atoms with Crippen molar-refractivity contribution in [2.75, 3.05) is 7.11 Å². The van der Waals surface area contributed by atoms with Gasteiger partial charge in [0.15, 0.2) is 0 Å². The van der Waals surface area contributed by atoms with Crippen molar-refractivity contribution in [3.05, 3.63) is 91.9 Å². The van der Waals surface area contributed by atoms with Crippen molar-refractivity contribution in [1.82, 2.24) is 19.9 Å². The Morgan fingerprint density at radius 2 is 1.15 bits per heavy atom. The van der Waals surface area contributed by atoms with Gasteiger partial charge in [-0.2, -0.15) is 10.5 Å². The number of aromatic amines is 2. The third kappa shape index (κ3) is 5.74. The topological polar surface area (TPSA) is 134 Å². The van der Waals surface area contributed by atoms with Crippen molar-refractivity contribution in [2.24, 2.45) is 0 Å². The molecule has 0 aliphatic carbocycles. The molecule has 0 aliphatic rings. The highest BCUT2D eigenvalue weighted by Crippen LogP contribution is 2.34. The smallest absolute Gasteiger partial charge is 0.142 e. The van der Waals surface area contributed by atoms with Crippen LogP contribution < -0.4 is 4.74 Å². The molecule has 0 atom stereocenters. The molecule has 0 unspecified atom stereocenters. The average Bonchev–Trinajstić information content (AvgIpc) is 3.56. The van der Waals surface area contributed by atoms with E-state index in [-0.39, 0.29) is 5.75 Å². The highest BCUT2D eigenvalue weighted by atomic mass is 35.5. The number of ether oxygens (including phenoxy) is 1. The average molecular weight is 622 g/mol. The van der Waals surface area contributed by atoms with Gasteiger partial charge >= 0.3 is 0 Å². The number of nitriles is 2. The fourth-order valence-corrected chi connectivity index (χ4v) is 4.67. The van der Waals surface area contributed by atoms with Crippen LogP contribution in [0.1, 0.15) is 11.1 Å². The lowest BCUT2D eigenvalue weighted by Crippen LogP contribution is -1.90. The van der Waals surface area contributed by atoms with Gasteiger partial charge in [-0.25, -0.2) is 9.97 Å². The quantitative estimate of drug-likeness (QED) is 0.181. The van der Waals surface area contributed by atoms with E-state index in [1.807, 2.05) is 6.07 Å². The number of phenolic OH excluding ortho intramolecular Hbond substituents is 1. The highest BCUT2D eigenvalue weighted by molar-refractivity contribution is 6.43. The number of nitrogens with one attached hydrogen (secondary N) is 2. The number of fused-ring (bicyclic) bond motifs is 2. The van der Waals surface area contributed by atoms with Gasteiger partial charge in [0.05, 0.1) is 83.7 Å². The first-order chi connectivity index (χ1) is 19.7. The first kappa shape index (κ1) is 28.1. The van der Waals surface area contributed by atoms with Crippen LogP contribution in [-0.4, -0.2) is 32.2 Å². The van der Waals surface area contributed by atoms with Gasteiger partial charge in [-0.05, 0) is 60.7 Å². The lowest BCUT2D eigenvalue weighted by molar-refractivity contribution is 0.416. The van der Waals surface area contributed by atoms with Crippen LogP contribution in [0.5, 0.6) is 11.5 Å². The molecule has 0 saturated carbocycles. The molecule has 6 aromatic rings. The van der Waals surface area contributed by atoms with Gasteiger partial charge in [0.25, 0.3) is 0 Å². The number of hydrogen-bond acceptors (Lipinski definition) is 6. The molecule has 12 heteroatoms. The maximum atomic E-state index is 9.95. The van der Waals surface area contributed by atoms with E-state index in [1.165, 1.54) is 6.07 Å². The maximum absolute atomic E-state index is 9.95. The molecule has 4 aromatic carbocycles. The van der Waals surface area contributed by atoms with Gasteiger partial charge in [-0.1, -0.05) is 46.4 Å². The SMILES string of the molecule is COc1cc(C#N)ccc1-c1nc2cc(Cl)c(Cl)cc2[nH]1.N#Cc1ccc(-c2nc3cc(Cl)c(Cl)cc3[nH]2)c(O)c1. The molecule has 0 amide bonds. The molecule has 0 fully saturated rings. The van der Waals surface area contributed by atoms with Crippen LogP contribution in [0, 0.1) is 22.7 Å². The van der Waals surface area contributed by atoms with Gasteiger partial charge in [-0.15, -0.1) is 0 Å². The largest absolute Gasteiger partial charge is 0.507 e. The van der Waals surface area contributed by atoms with Crippen LogP contribution in [0.25, 0.3) is 44.8 Å². The predicted octanol–water partition coefficient (Wildman–Crippen LogP) is 8.53. The first-order valence-electron chi connectivity index (χ1n) is 11.7. The van der Waals surface area contributed by atoms with Crippen LogP contribution in [0.2, 0.25) is 20.1 Å². The summed E-state index contributed by atoms with van der Waals surface area (Å²) in [5.41, 5.74) is 5.05. The monoisotopic (exact) mass is 620 g/mol. The molecule has 0 aliphatic heterocycles. The number of imidazole rings is 2. The minimum Gasteiger partial charge on any atom is -0.507 e. The summed E-state index contributed by atoms with van der Waals surface area (Å²) in [7, 11) is 1.55. The minimum atomic E-state index is -0.0136. The van der Waals surface area contributed by atoms with Crippen LogP contribution >= 0.6 is 46.4 Å². The summed E-state index contributed by atoms with van der Waals surface area (Å²) in [6.07, 6.45) is 0. The Bertz CT molecular complexity index is 1960. The maximum Gasteiger partial charge on any atom is 0.142 e. The predicted molar refractivity (Wildman–Crippen MR) is 161 cm³/mol. The first-order valence-corrected chi connectivity index (χ1v) is 13.2. The Hall–Kier alpha value is -4.44. The highest BCUT2D eigenvalue weighted by Gasteiger charge is 2.14. The summed E-state index contributed by atoms with van der Waals surface area (Å²) in [6.45, 7) is 0. The number of nitrogens with zero attached hydrogens (tertiary/aromatic N) is 4. The number of hydrogen-bond donors (Lipinski definition) is 3. The number of rotatable bonds is 3. The van der Waals surface area contributed by atoms with Gasteiger partial charge in [-0.3, -0.25) is 0 Å². The van der Waals surface area contributed by atoms with E-state index < -0.39 is 0 Å². The molecule has 2 aromatic heterocycles. The molecule has 0 spiro atoms. The molecule has 6 rings (SSSR count). The van der Waals surface area contributed by atoms with Crippen molar-refractivity contribution in [2.45, 2.75) is 0 Å². The van der Waals surface area contributed by atoms with Crippen LogP contribution in [0.4, 0.5) is 0 Å². The number of aromatic nitrogens is 4. The number of halogens is 4. The van der Waals surface area contributed by atoms with Gasteiger partial charge < -0.3 is 19.8 Å². The van der Waals surface area contributed by atoms with Crippen molar-refractivity contribution in [3.8, 4) is 46.4 Å². The zero-order chi connectivity index (χ0) is 29.3. The molecule has 0 bridgehead atoms.